The van der Waals surface area contributed by atoms with Crippen LogP contribution in [0.3, 0.4) is 0 Å². The van der Waals surface area contributed by atoms with Crippen molar-refractivity contribution >= 4 is 5.78 Å². The molecule has 0 saturated heterocycles. The van der Waals surface area contributed by atoms with Crippen LogP contribution in [0, 0.1) is 5.92 Å². The second kappa shape index (κ2) is 5.02. The Labute approximate surface area is 89.6 Å². The van der Waals surface area contributed by atoms with Gasteiger partial charge < -0.3 is 5.73 Å². The highest BCUT2D eigenvalue weighted by atomic mass is 16.1. The topological polar surface area (TPSA) is 73.8 Å². The highest BCUT2D eigenvalue weighted by Crippen LogP contribution is 2.07. The van der Waals surface area contributed by atoms with Gasteiger partial charge in [-0.1, -0.05) is 26.0 Å². The fraction of sp³-hybridized carbons (Fsp3) is 0.700. The third kappa shape index (κ3) is 2.62. The number of hydrogen-bond donors (Lipinski definition) is 1. The lowest BCUT2D eigenvalue weighted by Crippen LogP contribution is -2.36. The molecule has 1 rings (SSSR count). The zero-order valence-electron chi connectivity index (χ0n) is 9.47. The second-order valence-electron chi connectivity index (χ2n) is 3.98. The van der Waals surface area contributed by atoms with Crippen molar-refractivity contribution in [3.63, 3.8) is 0 Å². The number of hydrogen-bond acceptors (Lipinski definition) is 4. The van der Waals surface area contributed by atoms with Gasteiger partial charge in [0.05, 0.1) is 12.2 Å². The molecule has 1 heterocycles. The maximum Gasteiger partial charge on any atom is 0.199 e. The molecular weight excluding hydrogens is 192 g/mol. The van der Waals surface area contributed by atoms with Crippen LogP contribution < -0.4 is 5.73 Å². The van der Waals surface area contributed by atoms with E-state index in [1.54, 1.807) is 4.68 Å². The van der Waals surface area contributed by atoms with Crippen LogP contribution in [0.2, 0.25) is 0 Å². The Hall–Kier alpha value is -1.23. The average molecular weight is 210 g/mol. The molecule has 2 N–H and O–H groups in total. The molecule has 0 aliphatic carbocycles. The number of nitrogens with zero attached hydrogens (tertiary/aromatic N) is 3. The average Bonchev–Trinajstić information content (AvgIpc) is 2.64. The van der Waals surface area contributed by atoms with E-state index in [9.17, 15) is 4.79 Å². The Bertz CT molecular complexity index is 332. The van der Waals surface area contributed by atoms with Crippen LogP contribution in [-0.2, 0) is 6.54 Å². The molecule has 1 unspecified atom stereocenters. The summed E-state index contributed by atoms with van der Waals surface area (Å²) < 4.78 is 1.62. The summed E-state index contributed by atoms with van der Waals surface area (Å²) in [6, 6.07) is -0.473. The number of aryl methyl sites for hydroxylation is 1. The van der Waals surface area contributed by atoms with Crippen molar-refractivity contribution in [1.29, 1.82) is 0 Å². The smallest absolute Gasteiger partial charge is 0.199 e. The fourth-order valence-corrected chi connectivity index (χ4v) is 1.30. The molecule has 0 aliphatic rings. The van der Waals surface area contributed by atoms with Crippen molar-refractivity contribution in [2.24, 2.45) is 11.7 Å². The quantitative estimate of drug-likeness (QED) is 0.731. The summed E-state index contributed by atoms with van der Waals surface area (Å²) in [6.07, 6.45) is 2.40. The van der Waals surface area contributed by atoms with Gasteiger partial charge >= 0.3 is 0 Å². The predicted molar refractivity (Wildman–Crippen MR) is 57.5 cm³/mol. The molecule has 15 heavy (non-hydrogen) atoms. The van der Waals surface area contributed by atoms with E-state index in [1.165, 1.54) is 6.20 Å². The third-order valence-electron chi connectivity index (χ3n) is 2.33. The highest BCUT2D eigenvalue weighted by Gasteiger charge is 2.22. The SMILES string of the molecule is CCCn1nncc1C(=O)C(N)C(C)C. The first kappa shape index (κ1) is 11.8. The molecule has 5 heteroatoms. The van der Waals surface area contributed by atoms with Gasteiger partial charge in [-0.2, -0.15) is 0 Å². The Morgan fingerprint density at radius 3 is 2.80 bits per heavy atom. The van der Waals surface area contributed by atoms with Crippen LogP contribution in [-0.4, -0.2) is 26.8 Å². The van der Waals surface area contributed by atoms with E-state index in [0.29, 0.717) is 12.2 Å². The molecule has 84 valence electrons. The summed E-state index contributed by atoms with van der Waals surface area (Å²) in [5, 5.41) is 7.60. The van der Waals surface area contributed by atoms with E-state index in [1.807, 2.05) is 20.8 Å². The lowest BCUT2D eigenvalue weighted by Gasteiger charge is -2.14. The number of nitrogens with two attached hydrogens (primary N) is 1. The van der Waals surface area contributed by atoms with Crippen molar-refractivity contribution < 1.29 is 4.79 Å². The molecule has 0 bridgehead atoms. The van der Waals surface area contributed by atoms with Crippen LogP contribution in [0.1, 0.15) is 37.7 Å². The molecule has 1 aromatic heterocycles. The minimum atomic E-state index is -0.473. The van der Waals surface area contributed by atoms with Gasteiger partial charge in [-0.3, -0.25) is 4.79 Å². The Balaban J connectivity index is 2.86. The molecule has 5 nitrogen and oxygen atoms in total. The second-order valence-corrected chi connectivity index (χ2v) is 3.98. The number of carbonyl (C=O) groups is 1. The summed E-state index contributed by atoms with van der Waals surface area (Å²) in [5.74, 6) is 0.0472. The van der Waals surface area contributed by atoms with Gasteiger partial charge in [-0.15, -0.1) is 5.10 Å². The van der Waals surface area contributed by atoms with E-state index in [0.717, 1.165) is 6.42 Å². The summed E-state index contributed by atoms with van der Waals surface area (Å²) in [7, 11) is 0. The van der Waals surface area contributed by atoms with Crippen molar-refractivity contribution in [3.05, 3.63) is 11.9 Å². The molecule has 0 spiro atoms. The highest BCUT2D eigenvalue weighted by molar-refractivity contribution is 5.98. The zero-order valence-corrected chi connectivity index (χ0v) is 9.47. The van der Waals surface area contributed by atoms with Gasteiger partial charge in [0.25, 0.3) is 0 Å². The largest absolute Gasteiger partial charge is 0.321 e. The van der Waals surface area contributed by atoms with Gasteiger partial charge in [0.2, 0.25) is 0 Å². The molecule has 0 amide bonds. The number of rotatable bonds is 5. The van der Waals surface area contributed by atoms with Gasteiger partial charge in [0.15, 0.2) is 5.78 Å². The van der Waals surface area contributed by atoms with Crippen molar-refractivity contribution in [2.75, 3.05) is 0 Å². The number of ketones is 1. The standard InChI is InChI=1S/C10H18N4O/c1-4-5-14-8(6-12-13-14)10(15)9(11)7(2)3/h6-7,9H,4-5,11H2,1-3H3. The van der Waals surface area contributed by atoms with Gasteiger partial charge in [0.1, 0.15) is 5.69 Å². The van der Waals surface area contributed by atoms with Gasteiger partial charge in [-0.05, 0) is 12.3 Å². The van der Waals surface area contributed by atoms with Crippen LogP contribution >= 0.6 is 0 Å². The molecular formula is C10H18N4O. The summed E-state index contributed by atoms with van der Waals surface area (Å²) in [6.45, 7) is 6.58. The Morgan fingerprint density at radius 1 is 1.60 bits per heavy atom. The summed E-state index contributed by atoms with van der Waals surface area (Å²) in [5.41, 5.74) is 6.31. The molecule has 0 aliphatic heterocycles. The molecule has 1 atom stereocenters. The lowest BCUT2D eigenvalue weighted by molar-refractivity contribution is 0.0929. The number of Topliss-reactive ketones (excluding diaryl/α,β-unsaturated/α-hetero) is 1. The van der Waals surface area contributed by atoms with Crippen LogP contribution in [0.25, 0.3) is 0 Å². The van der Waals surface area contributed by atoms with Gasteiger partial charge in [-0.25, -0.2) is 4.68 Å². The molecule has 0 aromatic carbocycles. The maximum absolute atomic E-state index is 11.9. The third-order valence-corrected chi connectivity index (χ3v) is 2.33. The van der Waals surface area contributed by atoms with E-state index in [2.05, 4.69) is 10.3 Å². The van der Waals surface area contributed by atoms with Crippen LogP contribution in [0.15, 0.2) is 6.20 Å². The first-order valence-electron chi connectivity index (χ1n) is 5.26. The van der Waals surface area contributed by atoms with E-state index >= 15 is 0 Å². The zero-order chi connectivity index (χ0) is 11.4. The van der Waals surface area contributed by atoms with Crippen LogP contribution in [0.5, 0.6) is 0 Å². The fourth-order valence-electron chi connectivity index (χ4n) is 1.30. The van der Waals surface area contributed by atoms with E-state index in [-0.39, 0.29) is 11.7 Å². The minimum absolute atomic E-state index is 0.0801. The predicted octanol–water partition coefficient (Wildman–Crippen LogP) is 0.854. The molecule has 1 aromatic rings. The van der Waals surface area contributed by atoms with E-state index in [4.69, 9.17) is 5.73 Å². The molecule has 0 saturated carbocycles. The summed E-state index contributed by atoms with van der Waals surface area (Å²) in [4.78, 5) is 11.9. The normalized spacial score (nSPS) is 13.1. The summed E-state index contributed by atoms with van der Waals surface area (Å²) >= 11 is 0. The van der Waals surface area contributed by atoms with Crippen molar-refractivity contribution in [3.8, 4) is 0 Å². The first-order valence-corrected chi connectivity index (χ1v) is 5.26. The number of carbonyl (C=O) groups excluding carboxylic acids is 1. The van der Waals surface area contributed by atoms with Crippen molar-refractivity contribution in [2.45, 2.75) is 39.8 Å². The monoisotopic (exact) mass is 210 g/mol. The van der Waals surface area contributed by atoms with Crippen molar-refractivity contribution in [1.82, 2.24) is 15.0 Å². The van der Waals surface area contributed by atoms with Gasteiger partial charge in [0, 0.05) is 6.54 Å². The Kier molecular flexibility index (Phi) is 3.96. The first-order chi connectivity index (χ1) is 7.07. The van der Waals surface area contributed by atoms with Crippen LogP contribution in [0.4, 0.5) is 0 Å². The molecule has 0 radical (unpaired) electrons. The minimum Gasteiger partial charge on any atom is -0.321 e. The Morgan fingerprint density at radius 2 is 2.27 bits per heavy atom. The lowest BCUT2D eigenvalue weighted by atomic mass is 9.99. The van der Waals surface area contributed by atoms with E-state index < -0.39 is 6.04 Å². The maximum atomic E-state index is 11.9. The molecule has 0 fully saturated rings. The number of aromatic nitrogens is 3.